The molecule has 0 aliphatic heterocycles. The van der Waals surface area contributed by atoms with Gasteiger partial charge in [0, 0.05) is 17.8 Å². The molecular formula is C19H20FN3O7. The molecule has 0 fully saturated rings. The second-order valence-corrected chi connectivity index (χ2v) is 6.62. The Morgan fingerprint density at radius 2 is 1.90 bits per heavy atom. The van der Waals surface area contributed by atoms with Crippen LogP contribution in [0.5, 0.6) is 0 Å². The summed E-state index contributed by atoms with van der Waals surface area (Å²) in [7, 11) is 0. The van der Waals surface area contributed by atoms with Crippen molar-refractivity contribution in [2.75, 3.05) is 11.9 Å². The van der Waals surface area contributed by atoms with E-state index < -0.39 is 46.6 Å². The quantitative estimate of drug-likeness (QED) is 0.398. The minimum absolute atomic E-state index is 0.0301. The first-order valence-corrected chi connectivity index (χ1v) is 8.82. The van der Waals surface area contributed by atoms with E-state index in [1.54, 1.807) is 20.8 Å². The van der Waals surface area contributed by atoms with Crippen LogP contribution in [-0.4, -0.2) is 40.5 Å². The number of nitro benzene ring substituents is 1. The third kappa shape index (κ3) is 5.19. The van der Waals surface area contributed by atoms with Crippen LogP contribution in [0.1, 0.15) is 46.0 Å². The number of hydrogen-bond donors (Lipinski definition) is 2. The van der Waals surface area contributed by atoms with E-state index in [4.69, 9.17) is 9.47 Å². The SMILES string of the molecule is Cc1[nH]c(C(=O)OCC(=O)Nc2cc([N+](=O)[O-])ccc2F)c(C)c1C(=O)OC(C)C. The van der Waals surface area contributed by atoms with E-state index in [1.807, 2.05) is 0 Å². The lowest BCUT2D eigenvalue weighted by Gasteiger charge is -2.08. The second kappa shape index (κ2) is 9.16. The van der Waals surface area contributed by atoms with E-state index in [0.717, 1.165) is 18.2 Å². The summed E-state index contributed by atoms with van der Waals surface area (Å²) in [6, 6.07) is 2.63. The molecule has 1 amide bonds. The Hall–Kier alpha value is -3.76. The lowest BCUT2D eigenvalue weighted by molar-refractivity contribution is -0.384. The first-order chi connectivity index (χ1) is 14.0. The van der Waals surface area contributed by atoms with Crippen molar-refractivity contribution < 1.29 is 33.2 Å². The van der Waals surface area contributed by atoms with Crippen molar-refractivity contribution in [1.29, 1.82) is 0 Å². The molecule has 2 rings (SSSR count). The first-order valence-electron chi connectivity index (χ1n) is 8.82. The molecule has 0 spiro atoms. The fourth-order valence-corrected chi connectivity index (χ4v) is 2.65. The Morgan fingerprint density at radius 1 is 1.23 bits per heavy atom. The van der Waals surface area contributed by atoms with Crippen molar-refractivity contribution in [2.24, 2.45) is 0 Å². The summed E-state index contributed by atoms with van der Waals surface area (Å²) in [5.74, 6) is -3.30. The number of halogens is 1. The number of aromatic amines is 1. The molecule has 0 aliphatic carbocycles. The molecule has 10 nitrogen and oxygen atoms in total. The maximum absolute atomic E-state index is 13.7. The van der Waals surface area contributed by atoms with Crippen LogP contribution in [0.3, 0.4) is 0 Å². The van der Waals surface area contributed by atoms with Gasteiger partial charge < -0.3 is 19.8 Å². The van der Waals surface area contributed by atoms with Gasteiger partial charge in [0.25, 0.3) is 11.6 Å². The predicted octanol–water partition coefficient (Wildman–Crippen LogP) is 3.04. The van der Waals surface area contributed by atoms with E-state index in [2.05, 4.69) is 10.3 Å². The third-order valence-corrected chi connectivity index (χ3v) is 3.96. The zero-order chi connectivity index (χ0) is 22.6. The Kier molecular flexibility index (Phi) is 6.88. The number of carbonyl (C=O) groups is 3. The van der Waals surface area contributed by atoms with Crippen LogP contribution >= 0.6 is 0 Å². The van der Waals surface area contributed by atoms with Gasteiger partial charge in [0.05, 0.1) is 22.3 Å². The number of H-pyrrole nitrogens is 1. The molecule has 0 bridgehead atoms. The molecule has 0 unspecified atom stereocenters. The number of hydrogen-bond acceptors (Lipinski definition) is 7. The number of anilines is 1. The molecule has 160 valence electrons. The Labute approximate surface area is 170 Å². The van der Waals surface area contributed by atoms with Crippen molar-refractivity contribution in [3.05, 3.63) is 56.6 Å². The highest BCUT2D eigenvalue weighted by molar-refractivity contribution is 6.00. The molecule has 11 heteroatoms. The van der Waals surface area contributed by atoms with Crippen LogP contribution in [0.4, 0.5) is 15.8 Å². The molecule has 0 aliphatic rings. The number of nitro groups is 1. The Morgan fingerprint density at radius 3 is 2.50 bits per heavy atom. The van der Waals surface area contributed by atoms with Crippen molar-refractivity contribution >= 4 is 29.2 Å². The van der Waals surface area contributed by atoms with E-state index in [1.165, 1.54) is 6.92 Å². The first kappa shape index (κ1) is 22.5. The number of aryl methyl sites for hydroxylation is 1. The lowest BCUT2D eigenvalue weighted by Crippen LogP contribution is -2.22. The second-order valence-electron chi connectivity index (χ2n) is 6.62. The number of carbonyl (C=O) groups excluding carboxylic acids is 3. The fraction of sp³-hybridized carbons (Fsp3) is 0.316. The van der Waals surface area contributed by atoms with Crippen LogP contribution in [0.2, 0.25) is 0 Å². The van der Waals surface area contributed by atoms with Crippen LogP contribution in [0.25, 0.3) is 0 Å². The molecule has 1 heterocycles. The standard InChI is InChI=1S/C19H20FN3O7/c1-9(2)30-18(25)16-10(3)17(21-11(16)4)19(26)29-8-15(24)22-14-7-12(23(27)28)5-6-13(14)20/h5-7,9,21H,8H2,1-4H3,(H,22,24). The van der Waals surface area contributed by atoms with Gasteiger partial charge in [-0.2, -0.15) is 0 Å². The smallest absolute Gasteiger partial charge is 0.355 e. The van der Waals surface area contributed by atoms with Gasteiger partial charge in [-0.1, -0.05) is 0 Å². The highest BCUT2D eigenvalue weighted by Crippen LogP contribution is 2.22. The average molecular weight is 421 g/mol. The Bertz CT molecular complexity index is 1010. The number of ether oxygens (including phenoxy) is 2. The minimum atomic E-state index is -0.908. The number of esters is 2. The summed E-state index contributed by atoms with van der Waals surface area (Å²) in [4.78, 5) is 49.2. The van der Waals surface area contributed by atoms with Crippen molar-refractivity contribution in [2.45, 2.75) is 33.8 Å². The number of benzene rings is 1. The van der Waals surface area contributed by atoms with Crippen molar-refractivity contribution in [3.63, 3.8) is 0 Å². The molecule has 0 saturated carbocycles. The van der Waals surface area contributed by atoms with Crippen LogP contribution < -0.4 is 5.32 Å². The van der Waals surface area contributed by atoms with Gasteiger partial charge in [0.2, 0.25) is 0 Å². The number of non-ortho nitro benzene ring substituents is 1. The maximum Gasteiger partial charge on any atom is 0.355 e. The highest BCUT2D eigenvalue weighted by atomic mass is 19.1. The molecule has 2 aromatic rings. The maximum atomic E-state index is 13.7. The predicted molar refractivity (Wildman–Crippen MR) is 103 cm³/mol. The summed E-state index contributed by atoms with van der Waals surface area (Å²) in [6.07, 6.45) is -0.348. The van der Waals surface area contributed by atoms with Crippen molar-refractivity contribution in [1.82, 2.24) is 4.98 Å². The molecule has 2 N–H and O–H groups in total. The zero-order valence-corrected chi connectivity index (χ0v) is 16.7. The molecule has 1 aromatic heterocycles. The number of nitrogens with one attached hydrogen (secondary N) is 2. The molecule has 0 saturated heterocycles. The van der Waals surface area contributed by atoms with Gasteiger partial charge in [0.15, 0.2) is 6.61 Å². The summed E-state index contributed by atoms with van der Waals surface area (Å²) in [5.41, 5.74) is 0.0238. The van der Waals surface area contributed by atoms with E-state index in [-0.39, 0.29) is 17.4 Å². The van der Waals surface area contributed by atoms with E-state index in [0.29, 0.717) is 11.3 Å². The topological polar surface area (TPSA) is 141 Å². The van der Waals surface area contributed by atoms with Gasteiger partial charge in [-0.3, -0.25) is 14.9 Å². The number of aromatic nitrogens is 1. The van der Waals surface area contributed by atoms with Crippen molar-refractivity contribution in [3.8, 4) is 0 Å². The van der Waals surface area contributed by atoms with Crippen LogP contribution in [0.15, 0.2) is 18.2 Å². The van der Waals surface area contributed by atoms with Gasteiger partial charge in [0.1, 0.15) is 11.5 Å². The molecule has 1 aromatic carbocycles. The summed E-state index contributed by atoms with van der Waals surface area (Å²) < 4.78 is 23.8. The Balaban J connectivity index is 2.06. The zero-order valence-electron chi connectivity index (χ0n) is 16.7. The lowest BCUT2D eigenvalue weighted by atomic mass is 10.1. The largest absolute Gasteiger partial charge is 0.459 e. The van der Waals surface area contributed by atoms with Crippen LogP contribution in [0, 0.1) is 29.8 Å². The summed E-state index contributed by atoms with van der Waals surface area (Å²) in [5, 5.41) is 12.9. The monoisotopic (exact) mass is 421 g/mol. The molecule has 0 atom stereocenters. The molecule has 0 radical (unpaired) electrons. The number of amides is 1. The van der Waals surface area contributed by atoms with E-state index in [9.17, 15) is 28.9 Å². The van der Waals surface area contributed by atoms with Crippen LogP contribution in [-0.2, 0) is 14.3 Å². The normalized spacial score (nSPS) is 10.6. The number of rotatable bonds is 7. The average Bonchev–Trinajstić information content (AvgIpc) is 2.95. The summed E-state index contributed by atoms with van der Waals surface area (Å²) in [6.45, 7) is 5.71. The highest BCUT2D eigenvalue weighted by Gasteiger charge is 2.25. The fourth-order valence-electron chi connectivity index (χ4n) is 2.65. The van der Waals surface area contributed by atoms with E-state index >= 15 is 0 Å². The molecular weight excluding hydrogens is 401 g/mol. The van der Waals surface area contributed by atoms with Gasteiger partial charge in [-0.15, -0.1) is 0 Å². The minimum Gasteiger partial charge on any atom is -0.459 e. The van der Waals surface area contributed by atoms with Gasteiger partial charge in [-0.25, -0.2) is 14.0 Å². The van der Waals surface area contributed by atoms with Gasteiger partial charge in [-0.05, 0) is 39.3 Å². The number of nitrogens with zero attached hydrogens (tertiary/aromatic N) is 1. The summed E-state index contributed by atoms with van der Waals surface area (Å²) >= 11 is 0. The third-order valence-electron chi connectivity index (χ3n) is 3.96. The molecule has 30 heavy (non-hydrogen) atoms. The van der Waals surface area contributed by atoms with Gasteiger partial charge >= 0.3 is 11.9 Å².